The van der Waals surface area contributed by atoms with Crippen molar-refractivity contribution >= 4 is 11.5 Å². The smallest absolute Gasteiger partial charge is 0.126 e. The van der Waals surface area contributed by atoms with Crippen LogP contribution in [0.2, 0.25) is 0 Å². The van der Waals surface area contributed by atoms with E-state index in [9.17, 15) is 0 Å². The number of nitrogens with one attached hydrogen (secondary N) is 2. The van der Waals surface area contributed by atoms with Gasteiger partial charge >= 0.3 is 0 Å². The zero-order chi connectivity index (χ0) is 22.0. The Morgan fingerprint density at radius 1 is 0.871 bits per heavy atom. The molecule has 1 aromatic heterocycles. The lowest BCUT2D eigenvalue weighted by Gasteiger charge is -2.18. The van der Waals surface area contributed by atoms with Crippen molar-refractivity contribution < 1.29 is 0 Å². The first kappa shape index (κ1) is 21.4. The average Bonchev–Trinajstić information content (AvgIpc) is 3.25. The van der Waals surface area contributed by atoms with Gasteiger partial charge in [-0.1, -0.05) is 31.0 Å². The summed E-state index contributed by atoms with van der Waals surface area (Å²) in [6.07, 6.45) is 7.20. The first-order valence-electron chi connectivity index (χ1n) is 11.6. The molecule has 0 amide bonds. The minimum atomic E-state index is 0.434. The second-order valence-corrected chi connectivity index (χ2v) is 9.30. The molecule has 1 heterocycles. The lowest BCUT2D eigenvalue weighted by Crippen LogP contribution is -2.15. The van der Waals surface area contributed by atoms with E-state index in [4.69, 9.17) is 4.98 Å². The Balaban J connectivity index is 1.60. The van der Waals surface area contributed by atoms with E-state index in [1.807, 2.05) is 6.20 Å². The van der Waals surface area contributed by atoms with Crippen molar-refractivity contribution in [3.8, 4) is 22.3 Å². The highest BCUT2D eigenvalue weighted by atomic mass is 15.0. The predicted molar refractivity (Wildman–Crippen MR) is 134 cm³/mol. The quantitative estimate of drug-likeness (QED) is 0.439. The van der Waals surface area contributed by atoms with Crippen LogP contribution in [0.4, 0.5) is 11.5 Å². The summed E-state index contributed by atoms with van der Waals surface area (Å²) in [6, 6.07) is 16.5. The molecule has 0 unspecified atom stereocenters. The van der Waals surface area contributed by atoms with E-state index in [-0.39, 0.29) is 0 Å². The van der Waals surface area contributed by atoms with Gasteiger partial charge in [0.05, 0.1) is 0 Å². The van der Waals surface area contributed by atoms with Gasteiger partial charge in [0, 0.05) is 29.5 Å². The molecule has 0 spiro atoms. The molecule has 0 bridgehead atoms. The summed E-state index contributed by atoms with van der Waals surface area (Å²) in [5.74, 6) is 0.994. The van der Waals surface area contributed by atoms with Crippen LogP contribution in [-0.2, 0) is 0 Å². The molecular weight excluding hydrogens is 378 g/mol. The van der Waals surface area contributed by atoms with Crippen LogP contribution < -0.4 is 10.6 Å². The van der Waals surface area contributed by atoms with Crippen molar-refractivity contribution in [2.75, 3.05) is 10.6 Å². The number of hydrogen-bond acceptors (Lipinski definition) is 3. The average molecular weight is 414 g/mol. The van der Waals surface area contributed by atoms with E-state index >= 15 is 0 Å². The van der Waals surface area contributed by atoms with Crippen molar-refractivity contribution in [2.45, 2.75) is 72.4 Å². The Labute approximate surface area is 187 Å². The van der Waals surface area contributed by atoms with Crippen molar-refractivity contribution in [3.05, 3.63) is 65.4 Å². The first-order valence-corrected chi connectivity index (χ1v) is 11.6. The highest BCUT2D eigenvalue weighted by Crippen LogP contribution is 2.36. The Bertz CT molecular complexity index is 1030. The lowest BCUT2D eigenvalue weighted by atomic mass is 9.87. The minimum absolute atomic E-state index is 0.434. The van der Waals surface area contributed by atoms with Gasteiger partial charge in [-0.3, -0.25) is 0 Å². The molecule has 0 radical (unpaired) electrons. The fourth-order valence-electron chi connectivity index (χ4n) is 4.81. The number of aromatic nitrogens is 1. The molecule has 2 N–H and O–H groups in total. The number of benzene rings is 2. The van der Waals surface area contributed by atoms with Crippen molar-refractivity contribution in [1.82, 2.24) is 4.98 Å². The SMILES string of the molecule is Cc1cc(-c2ccc(NC3CCCC3)nc2)c(C)c(C)c1-c1ccc(NC(C)C)cc1. The third-order valence-corrected chi connectivity index (χ3v) is 6.51. The number of aryl methyl sites for hydroxylation is 1. The maximum atomic E-state index is 4.71. The van der Waals surface area contributed by atoms with Crippen molar-refractivity contribution in [3.63, 3.8) is 0 Å². The molecule has 1 fully saturated rings. The minimum Gasteiger partial charge on any atom is -0.383 e. The maximum Gasteiger partial charge on any atom is 0.126 e. The van der Waals surface area contributed by atoms with Crippen LogP contribution in [0.5, 0.6) is 0 Å². The summed E-state index contributed by atoms with van der Waals surface area (Å²) in [4.78, 5) is 4.71. The highest BCUT2D eigenvalue weighted by molar-refractivity contribution is 5.80. The molecule has 3 nitrogen and oxygen atoms in total. The van der Waals surface area contributed by atoms with Crippen molar-refractivity contribution in [1.29, 1.82) is 0 Å². The fraction of sp³-hybridized carbons (Fsp3) is 0.393. The molecule has 1 aliphatic rings. The van der Waals surface area contributed by atoms with E-state index < -0.39 is 0 Å². The Morgan fingerprint density at radius 2 is 1.55 bits per heavy atom. The summed E-state index contributed by atoms with van der Waals surface area (Å²) in [5.41, 5.74) is 10.2. The van der Waals surface area contributed by atoms with E-state index in [0.29, 0.717) is 12.1 Å². The second-order valence-electron chi connectivity index (χ2n) is 9.30. The molecule has 0 saturated heterocycles. The van der Waals surface area contributed by atoms with E-state index in [0.717, 1.165) is 5.82 Å². The monoisotopic (exact) mass is 413 g/mol. The predicted octanol–water partition coefficient (Wildman–Crippen LogP) is 7.52. The zero-order valence-corrected chi connectivity index (χ0v) is 19.5. The molecule has 31 heavy (non-hydrogen) atoms. The first-order chi connectivity index (χ1) is 14.9. The molecule has 2 aromatic carbocycles. The van der Waals surface area contributed by atoms with Gasteiger partial charge in [0.2, 0.25) is 0 Å². The van der Waals surface area contributed by atoms with Crippen LogP contribution in [0, 0.1) is 20.8 Å². The topological polar surface area (TPSA) is 37.0 Å². The van der Waals surface area contributed by atoms with Gasteiger partial charge in [-0.25, -0.2) is 4.98 Å². The van der Waals surface area contributed by atoms with Crippen LogP contribution in [0.15, 0.2) is 48.7 Å². The van der Waals surface area contributed by atoms with Crippen LogP contribution in [0.1, 0.15) is 56.2 Å². The van der Waals surface area contributed by atoms with Crippen LogP contribution in [-0.4, -0.2) is 17.1 Å². The number of nitrogens with zero attached hydrogens (tertiary/aromatic N) is 1. The van der Waals surface area contributed by atoms with Gasteiger partial charge < -0.3 is 10.6 Å². The molecule has 1 aliphatic carbocycles. The standard InChI is InChI=1S/C28H35N3/c1-18(2)30-25-13-10-22(11-14-25)28-19(3)16-26(20(4)21(28)5)23-12-15-27(29-17-23)31-24-8-6-7-9-24/h10-18,24,30H,6-9H2,1-5H3,(H,29,31). The molecule has 0 aliphatic heterocycles. The number of hydrogen-bond donors (Lipinski definition) is 2. The van der Waals surface area contributed by atoms with Crippen LogP contribution >= 0.6 is 0 Å². The third kappa shape index (κ3) is 4.76. The Kier molecular flexibility index (Phi) is 6.31. The van der Waals surface area contributed by atoms with Gasteiger partial charge in [-0.05, 0) is 105 Å². The van der Waals surface area contributed by atoms with E-state index in [2.05, 4.69) is 87.7 Å². The molecule has 162 valence electrons. The largest absolute Gasteiger partial charge is 0.383 e. The molecule has 3 aromatic rings. The molecular formula is C28H35N3. The van der Waals surface area contributed by atoms with Gasteiger partial charge in [0.15, 0.2) is 0 Å². The summed E-state index contributed by atoms with van der Waals surface area (Å²) in [6.45, 7) is 11.0. The van der Waals surface area contributed by atoms with E-state index in [1.165, 1.54) is 70.3 Å². The summed E-state index contributed by atoms with van der Waals surface area (Å²) < 4.78 is 0. The summed E-state index contributed by atoms with van der Waals surface area (Å²) in [7, 11) is 0. The second kappa shape index (κ2) is 9.13. The zero-order valence-electron chi connectivity index (χ0n) is 19.5. The Morgan fingerprint density at radius 3 is 2.16 bits per heavy atom. The normalized spacial score (nSPS) is 14.3. The fourth-order valence-corrected chi connectivity index (χ4v) is 4.81. The molecule has 3 heteroatoms. The van der Waals surface area contributed by atoms with E-state index in [1.54, 1.807) is 0 Å². The van der Waals surface area contributed by atoms with Gasteiger partial charge in [0.25, 0.3) is 0 Å². The Hall–Kier alpha value is -2.81. The maximum absolute atomic E-state index is 4.71. The number of rotatable bonds is 6. The highest BCUT2D eigenvalue weighted by Gasteiger charge is 2.16. The number of anilines is 2. The van der Waals surface area contributed by atoms with Gasteiger partial charge in [0.1, 0.15) is 5.82 Å². The summed E-state index contributed by atoms with van der Waals surface area (Å²) in [5, 5.41) is 7.06. The molecule has 4 rings (SSSR count). The summed E-state index contributed by atoms with van der Waals surface area (Å²) >= 11 is 0. The van der Waals surface area contributed by atoms with Crippen LogP contribution in [0.3, 0.4) is 0 Å². The molecule has 0 atom stereocenters. The molecule has 1 saturated carbocycles. The van der Waals surface area contributed by atoms with Crippen molar-refractivity contribution in [2.24, 2.45) is 0 Å². The number of pyridine rings is 1. The third-order valence-electron chi connectivity index (χ3n) is 6.51. The van der Waals surface area contributed by atoms with Gasteiger partial charge in [-0.15, -0.1) is 0 Å². The van der Waals surface area contributed by atoms with Crippen LogP contribution in [0.25, 0.3) is 22.3 Å². The lowest BCUT2D eigenvalue weighted by molar-refractivity contribution is 0.750. The van der Waals surface area contributed by atoms with Gasteiger partial charge in [-0.2, -0.15) is 0 Å².